The van der Waals surface area contributed by atoms with Crippen LogP contribution in [0.4, 0.5) is 4.79 Å². The summed E-state index contributed by atoms with van der Waals surface area (Å²) in [7, 11) is 0. The Bertz CT molecular complexity index is 543. The van der Waals surface area contributed by atoms with Crippen LogP contribution in [0, 0.1) is 0 Å². The molecule has 2 aromatic rings. The molecule has 3 N–H and O–H groups in total. The van der Waals surface area contributed by atoms with E-state index >= 15 is 0 Å². The lowest BCUT2D eigenvalue weighted by Crippen LogP contribution is -2.38. The van der Waals surface area contributed by atoms with E-state index in [4.69, 9.17) is 11.6 Å². The van der Waals surface area contributed by atoms with E-state index < -0.39 is 6.04 Å². The molecule has 1 heterocycles. The maximum absolute atomic E-state index is 11.8. The fourth-order valence-corrected chi connectivity index (χ4v) is 2.51. The van der Waals surface area contributed by atoms with Crippen LogP contribution in [0.3, 0.4) is 0 Å². The third kappa shape index (κ3) is 4.23. The lowest BCUT2D eigenvalue weighted by atomic mass is 10.1. The van der Waals surface area contributed by atoms with Gasteiger partial charge in [0.25, 0.3) is 0 Å². The highest BCUT2D eigenvalue weighted by molar-refractivity contribution is 7.07. The van der Waals surface area contributed by atoms with E-state index in [0.29, 0.717) is 11.6 Å². The standard InChI is InChI=1S/C14H15ClN2O2S/c15-12-3-1-11(2-4-12)13(8-18)17-14(19)16-7-10-5-6-20-9-10/h1-6,9,13,18H,7-8H2,(H2,16,17,19). The van der Waals surface area contributed by atoms with Crippen LogP contribution >= 0.6 is 22.9 Å². The van der Waals surface area contributed by atoms with Gasteiger partial charge in [0.2, 0.25) is 0 Å². The van der Waals surface area contributed by atoms with Crippen LogP contribution in [-0.4, -0.2) is 17.7 Å². The second-order valence-electron chi connectivity index (χ2n) is 4.25. The average molecular weight is 311 g/mol. The molecule has 0 aliphatic rings. The van der Waals surface area contributed by atoms with Crippen molar-refractivity contribution < 1.29 is 9.90 Å². The first-order valence-corrected chi connectivity index (χ1v) is 7.43. The number of carbonyl (C=O) groups excluding carboxylic acids is 1. The van der Waals surface area contributed by atoms with Crippen LogP contribution in [0.15, 0.2) is 41.1 Å². The Hall–Kier alpha value is -1.56. The van der Waals surface area contributed by atoms with Gasteiger partial charge in [-0.25, -0.2) is 4.79 Å². The number of nitrogens with one attached hydrogen (secondary N) is 2. The molecule has 6 heteroatoms. The van der Waals surface area contributed by atoms with Gasteiger partial charge in [0.1, 0.15) is 0 Å². The molecule has 1 atom stereocenters. The predicted octanol–water partition coefficient (Wildman–Crippen LogP) is 2.93. The van der Waals surface area contributed by atoms with E-state index in [1.807, 2.05) is 16.8 Å². The number of halogens is 1. The summed E-state index contributed by atoms with van der Waals surface area (Å²) in [5, 5.41) is 19.4. The number of hydrogen-bond donors (Lipinski definition) is 3. The van der Waals surface area contributed by atoms with Crippen molar-refractivity contribution in [1.29, 1.82) is 0 Å². The minimum absolute atomic E-state index is 0.173. The van der Waals surface area contributed by atoms with Crippen molar-refractivity contribution in [3.8, 4) is 0 Å². The summed E-state index contributed by atoms with van der Waals surface area (Å²) in [5.74, 6) is 0. The van der Waals surface area contributed by atoms with Crippen LogP contribution < -0.4 is 10.6 Å². The molecule has 0 radical (unpaired) electrons. The number of thiophene rings is 1. The van der Waals surface area contributed by atoms with E-state index in [2.05, 4.69) is 10.6 Å². The van der Waals surface area contributed by atoms with Gasteiger partial charge in [0, 0.05) is 11.6 Å². The Morgan fingerprint density at radius 1 is 1.30 bits per heavy atom. The van der Waals surface area contributed by atoms with Crippen molar-refractivity contribution in [2.24, 2.45) is 0 Å². The molecule has 0 aliphatic carbocycles. The Morgan fingerprint density at radius 2 is 2.05 bits per heavy atom. The van der Waals surface area contributed by atoms with Crippen molar-refractivity contribution in [3.05, 3.63) is 57.2 Å². The first-order valence-electron chi connectivity index (χ1n) is 6.11. The third-order valence-electron chi connectivity index (χ3n) is 2.79. The molecule has 106 valence electrons. The summed E-state index contributed by atoms with van der Waals surface area (Å²) in [6, 6.07) is 8.20. The summed E-state index contributed by atoms with van der Waals surface area (Å²) in [6.07, 6.45) is 0. The normalized spacial score (nSPS) is 11.9. The van der Waals surface area contributed by atoms with E-state index in [1.165, 1.54) is 0 Å². The molecule has 4 nitrogen and oxygen atoms in total. The third-order valence-corrected chi connectivity index (χ3v) is 3.78. The molecular weight excluding hydrogens is 296 g/mol. The number of benzene rings is 1. The van der Waals surface area contributed by atoms with Gasteiger partial charge in [-0.3, -0.25) is 0 Å². The van der Waals surface area contributed by atoms with Crippen molar-refractivity contribution in [1.82, 2.24) is 10.6 Å². The van der Waals surface area contributed by atoms with E-state index in [9.17, 15) is 9.90 Å². The number of urea groups is 1. The minimum atomic E-state index is -0.449. The molecule has 1 aromatic heterocycles. The second kappa shape index (κ2) is 7.28. The lowest BCUT2D eigenvalue weighted by molar-refractivity contribution is 0.216. The summed E-state index contributed by atoms with van der Waals surface area (Å²) < 4.78 is 0. The number of aliphatic hydroxyl groups is 1. The van der Waals surface area contributed by atoms with Crippen LogP contribution in [0.1, 0.15) is 17.2 Å². The maximum atomic E-state index is 11.8. The molecule has 2 rings (SSSR count). The van der Waals surface area contributed by atoms with Crippen LogP contribution in [0.5, 0.6) is 0 Å². The summed E-state index contributed by atoms with van der Waals surface area (Å²) in [5.41, 5.74) is 1.86. The summed E-state index contributed by atoms with van der Waals surface area (Å²) in [4.78, 5) is 11.8. The number of aliphatic hydroxyl groups excluding tert-OH is 1. The molecule has 20 heavy (non-hydrogen) atoms. The average Bonchev–Trinajstić information content (AvgIpc) is 2.97. The zero-order valence-corrected chi connectivity index (χ0v) is 12.2. The Kier molecular flexibility index (Phi) is 5.40. The van der Waals surface area contributed by atoms with Gasteiger partial charge in [-0.2, -0.15) is 11.3 Å². The first kappa shape index (κ1) is 14.8. The fraction of sp³-hybridized carbons (Fsp3) is 0.214. The summed E-state index contributed by atoms with van der Waals surface area (Å²) in [6.45, 7) is 0.293. The quantitative estimate of drug-likeness (QED) is 0.795. The van der Waals surface area contributed by atoms with Gasteiger partial charge in [0.05, 0.1) is 12.6 Å². The molecule has 0 saturated heterocycles. The second-order valence-corrected chi connectivity index (χ2v) is 5.46. The number of hydrogen-bond acceptors (Lipinski definition) is 3. The highest BCUT2D eigenvalue weighted by Gasteiger charge is 2.13. The smallest absolute Gasteiger partial charge is 0.315 e. The maximum Gasteiger partial charge on any atom is 0.315 e. The number of rotatable bonds is 5. The van der Waals surface area contributed by atoms with Gasteiger partial charge >= 0.3 is 6.03 Å². The zero-order chi connectivity index (χ0) is 14.4. The Labute approximate surface area is 126 Å². The highest BCUT2D eigenvalue weighted by Crippen LogP contribution is 2.16. The van der Waals surface area contributed by atoms with Crippen LogP contribution in [0.2, 0.25) is 5.02 Å². The lowest BCUT2D eigenvalue weighted by Gasteiger charge is -2.17. The first-order chi connectivity index (χ1) is 9.69. The molecule has 0 spiro atoms. The van der Waals surface area contributed by atoms with E-state index in [1.54, 1.807) is 35.6 Å². The van der Waals surface area contributed by atoms with Crippen molar-refractivity contribution in [2.45, 2.75) is 12.6 Å². The Morgan fingerprint density at radius 3 is 2.65 bits per heavy atom. The molecule has 1 aromatic carbocycles. The van der Waals surface area contributed by atoms with Crippen LogP contribution in [-0.2, 0) is 6.54 Å². The van der Waals surface area contributed by atoms with Gasteiger partial charge in [-0.15, -0.1) is 0 Å². The molecule has 0 fully saturated rings. The minimum Gasteiger partial charge on any atom is -0.394 e. The highest BCUT2D eigenvalue weighted by atomic mass is 35.5. The number of carbonyl (C=O) groups is 1. The van der Waals surface area contributed by atoms with Gasteiger partial charge < -0.3 is 15.7 Å². The topological polar surface area (TPSA) is 61.4 Å². The summed E-state index contributed by atoms with van der Waals surface area (Å²) >= 11 is 7.39. The van der Waals surface area contributed by atoms with Crippen LogP contribution in [0.25, 0.3) is 0 Å². The molecule has 0 aliphatic heterocycles. The predicted molar refractivity (Wildman–Crippen MR) is 81.0 cm³/mol. The largest absolute Gasteiger partial charge is 0.394 e. The monoisotopic (exact) mass is 310 g/mol. The van der Waals surface area contributed by atoms with Gasteiger partial charge in [-0.05, 0) is 40.1 Å². The van der Waals surface area contributed by atoms with Crippen molar-refractivity contribution >= 4 is 29.0 Å². The van der Waals surface area contributed by atoms with Crippen molar-refractivity contribution in [3.63, 3.8) is 0 Å². The van der Waals surface area contributed by atoms with E-state index in [0.717, 1.165) is 11.1 Å². The SMILES string of the molecule is O=C(NCc1ccsc1)NC(CO)c1ccc(Cl)cc1. The Balaban J connectivity index is 1.89. The van der Waals surface area contributed by atoms with Gasteiger partial charge in [0.15, 0.2) is 0 Å². The molecule has 2 amide bonds. The molecule has 1 unspecified atom stereocenters. The fourth-order valence-electron chi connectivity index (χ4n) is 1.71. The number of amides is 2. The van der Waals surface area contributed by atoms with Crippen molar-refractivity contribution in [2.75, 3.05) is 6.61 Å². The molecule has 0 bridgehead atoms. The van der Waals surface area contributed by atoms with E-state index in [-0.39, 0.29) is 12.6 Å². The zero-order valence-electron chi connectivity index (χ0n) is 10.7. The molecule has 0 saturated carbocycles. The van der Waals surface area contributed by atoms with Gasteiger partial charge in [-0.1, -0.05) is 23.7 Å². The molecular formula is C14H15ClN2O2S.